The molecule has 0 atom stereocenters. The molecule has 0 bridgehead atoms. The highest BCUT2D eigenvalue weighted by Crippen LogP contribution is 2.22. The van der Waals surface area contributed by atoms with Crippen molar-refractivity contribution in [2.75, 3.05) is 12.3 Å². The molecule has 19 heavy (non-hydrogen) atoms. The summed E-state index contributed by atoms with van der Waals surface area (Å²) in [6.45, 7) is 0.0666. The summed E-state index contributed by atoms with van der Waals surface area (Å²) in [5.41, 5.74) is 0.762. The van der Waals surface area contributed by atoms with E-state index in [0.717, 1.165) is 16.7 Å². The third kappa shape index (κ3) is 2.66. The first-order valence-electron chi connectivity index (χ1n) is 5.63. The van der Waals surface area contributed by atoms with E-state index >= 15 is 0 Å². The molecule has 6 heteroatoms. The van der Waals surface area contributed by atoms with E-state index < -0.39 is 0 Å². The van der Waals surface area contributed by atoms with Gasteiger partial charge in [-0.15, -0.1) is 0 Å². The molecule has 0 unspecified atom stereocenters. The van der Waals surface area contributed by atoms with Gasteiger partial charge in [0.1, 0.15) is 11.2 Å². The van der Waals surface area contributed by atoms with Gasteiger partial charge in [-0.25, -0.2) is 0 Å². The van der Waals surface area contributed by atoms with Crippen LogP contribution in [0.15, 0.2) is 24.3 Å². The van der Waals surface area contributed by atoms with Crippen LogP contribution in [0.25, 0.3) is 0 Å². The Morgan fingerprint density at radius 3 is 2.32 bits per heavy atom. The number of hydrogen-bond donors (Lipinski definition) is 0. The second-order valence-electron chi connectivity index (χ2n) is 3.98. The van der Waals surface area contributed by atoms with E-state index in [1.54, 1.807) is 29.7 Å². The SMILES string of the molecule is N#CSCC(=O)CCN1C(=O)c2ccccc2C1=O. The van der Waals surface area contributed by atoms with Crippen molar-refractivity contribution in [2.24, 2.45) is 0 Å². The van der Waals surface area contributed by atoms with E-state index in [0.29, 0.717) is 11.1 Å². The standard InChI is InChI=1S/C13H10N2O3S/c14-8-19-7-9(16)5-6-15-12(17)10-3-1-2-4-11(10)13(15)18/h1-4H,5-7H2. The number of rotatable bonds is 5. The molecule has 1 aliphatic heterocycles. The van der Waals surface area contributed by atoms with Crippen molar-refractivity contribution in [2.45, 2.75) is 6.42 Å². The molecule has 0 spiro atoms. The highest BCUT2D eigenvalue weighted by molar-refractivity contribution is 8.04. The number of nitrogens with zero attached hydrogens (tertiary/aromatic N) is 2. The van der Waals surface area contributed by atoms with Crippen LogP contribution in [0, 0.1) is 10.7 Å². The number of carbonyl (C=O) groups is 3. The Balaban J connectivity index is 2.01. The average molecular weight is 274 g/mol. The summed E-state index contributed by atoms with van der Waals surface area (Å²) in [5, 5.41) is 10.1. The number of fused-ring (bicyclic) bond motifs is 1. The van der Waals surface area contributed by atoms with Gasteiger partial charge in [-0.05, 0) is 23.9 Å². The van der Waals surface area contributed by atoms with Gasteiger partial charge in [0.2, 0.25) is 0 Å². The third-order valence-electron chi connectivity index (χ3n) is 2.79. The Bertz CT molecular complexity index is 557. The van der Waals surface area contributed by atoms with Crippen LogP contribution < -0.4 is 0 Å². The molecule has 1 aromatic carbocycles. The minimum Gasteiger partial charge on any atom is -0.299 e. The lowest BCUT2D eigenvalue weighted by molar-refractivity contribution is -0.116. The van der Waals surface area contributed by atoms with Crippen LogP contribution in [0.3, 0.4) is 0 Å². The van der Waals surface area contributed by atoms with E-state index in [4.69, 9.17) is 5.26 Å². The molecule has 5 nitrogen and oxygen atoms in total. The Kier molecular flexibility index (Phi) is 3.97. The van der Waals surface area contributed by atoms with Crippen LogP contribution in [-0.2, 0) is 4.79 Å². The number of ketones is 1. The van der Waals surface area contributed by atoms with Crippen molar-refractivity contribution in [3.63, 3.8) is 0 Å². The number of hydrogen-bond acceptors (Lipinski definition) is 5. The number of thiocyanates is 1. The zero-order valence-electron chi connectivity index (χ0n) is 9.96. The predicted octanol–water partition coefficient (Wildman–Crippen LogP) is 1.46. The molecule has 1 aromatic rings. The van der Waals surface area contributed by atoms with Crippen LogP contribution in [0.4, 0.5) is 0 Å². The molecule has 96 valence electrons. The second-order valence-corrected chi connectivity index (χ2v) is 4.74. The quantitative estimate of drug-likeness (QED) is 0.600. The van der Waals surface area contributed by atoms with Gasteiger partial charge in [-0.3, -0.25) is 19.3 Å². The molecule has 0 saturated carbocycles. The van der Waals surface area contributed by atoms with E-state index in [9.17, 15) is 14.4 Å². The second kappa shape index (κ2) is 5.67. The van der Waals surface area contributed by atoms with Crippen LogP contribution in [-0.4, -0.2) is 34.8 Å². The van der Waals surface area contributed by atoms with E-state index in [1.807, 2.05) is 0 Å². The van der Waals surface area contributed by atoms with E-state index in [2.05, 4.69) is 0 Å². The van der Waals surface area contributed by atoms with Crippen molar-refractivity contribution >= 4 is 29.4 Å². The van der Waals surface area contributed by atoms with Crippen LogP contribution in [0.2, 0.25) is 0 Å². The fraction of sp³-hybridized carbons (Fsp3) is 0.231. The van der Waals surface area contributed by atoms with E-state index in [-0.39, 0.29) is 36.3 Å². The number of Topliss-reactive ketones (excluding diaryl/α,β-unsaturated/α-hetero) is 1. The molecule has 1 aliphatic rings. The topological polar surface area (TPSA) is 78.2 Å². The maximum atomic E-state index is 12.0. The highest BCUT2D eigenvalue weighted by atomic mass is 32.2. The van der Waals surface area contributed by atoms with Gasteiger partial charge in [-0.1, -0.05) is 12.1 Å². The molecule has 0 saturated heterocycles. The molecule has 0 aliphatic carbocycles. The fourth-order valence-electron chi connectivity index (χ4n) is 1.86. The van der Waals surface area contributed by atoms with Gasteiger partial charge in [0.15, 0.2) is 0 Å². The van der Waals surface area contributed by atoms with Crippen molar-refractivity contribution < 1.29 is 14.4 Å². The van der Waals surface area contributed by atoms with Crippen molar-refractivity contribution in [3.05, 3.63) is 35.4 Å². The summed E-state index contributed by atoms with van der Waals surface area (Å²) in [7, 11) is 0. The summed E-state index contributed by atoms with van der Waals surface area (Å²) in [6.07, 6.45) is 0.0835. The Morgan fingerprint density at radius 1 is 1.21 bits per heavy atom. The lowest BCUT2D eigenvalue weighted by Gasteiger charge is -2.12. The molecular formula is C13H10N2O3S. The van der Waals surface area contributed by atoms with Crippen LogP contribution in [0.5, 0.6) is 0 Å². The predicted molar refractivity (Wildman–Crippen MR) is 69.5 cm³/mol. The monoisotopic (exact) mass is 274 g/mol. The molecule has 0 N–H and O–H groups in total. The zero-order valence-corrected chi connectivity index (χ0v) is 10.8. The van der Waals surface area contributed by atoms with Crippen molar-refractivity contribution in [1.82, 2.24) is 4.90 Å². The third-order valence-corrected chi connectivity index (χ3v) is 3.39. The van der Waals surface area contributed by atoms with Crippen LogP contribution in [0.1, 0.15) is 27.1 Å². The first-order valence-corrected chi connectivity index (χ1v) is 6.61. The number of amides is 2. The molecular weight excluding hydrogens is 264 g/mol. The van der Waals surface area contributed by atoms with Crippen LogP contribution >= 0.6 is 11.8 Å². The number of carbonyl (C=O) groups excluding carboxylic acids is 3. The maximum Gasteiger partial charge on any atom is 0.261 e. The molecule has 2 rings (SSSR count). The van der Waals surface area contributed by atoms with Crippen molar-refractivity contribution in [1.29, 1.82) is 5.26 Å². The summed E-state index contributed by atoms with van der Waals surface area (Å²) < 4.78 is 0. The molecule has 1 heterocycles. The van der Waals surface area contributed by atoms with Gasteiger partial charge in [-0.2, -0.15) is 5.26 Å². The number of benzene rings is 1. The van der Waals surface area contributed by atoms with Crippen molar-refractivity contribution in [3.8, 4) is 5.40 Å². The number of nitriles is 1. The van der Waals surface area contributed by atoms with Gasteiger partial charge >= 0.3 is 0 Å². The molecule has 2 amide bonds. The molecule has 0 fully saturated rings. The molecule has 0 aromatic heterocycles. The highest BCUT2D eigenvalue weighted by Gasteiger charge is 2.34. The van der Waals surface area contributed by atoms with Gasteiger partial charge < -0.3 is 0 Å². The summed E-state index contributed by atoms with van der Waals surface area (Å²) >= 11 is 0.855. The first-order chi connectivity index (χ1) is 9.15. The van der Waals surface area contributed by atoms with Gasteiger partial charge in [0, 0.05) is 13.0 Å². The first kappa shape index (κ1) is 13.3. The minimum absolute atomic E-state index is 0.0666. The smallest absolute Gasteiger partial charge is 0.261 e. The fourth-order valence-corrected chi connectivity index (χ4v) is 2.23. The van der Waals surface area contributed by atoms with Gasteiger partial charge in [0.05, 0.1) is 16.9 Å². The average Bonchev–Trinajstić information content (AvgIpc) is 2.67. The number of imide groups is 1. The van der Waals surface area contributed by atoms with E-state index in [1.165, 1.54) is 0 Å². The normalized spacial score (nSPS) is 13.3. The minimum atomic E-state index is -0.360. The molecule has 0 radical (unpaired) electrons. The Morgan fingerprint density at radius 2 is 1.79 bits per heavy atom. The lowest BCUT2D eigenvalue weighted by atomic mass is 10.1. The number of thioether (sulfide) groups is 1. The zero-order chi connectivity index (χ0) is 13.8. The summed E-state index contributed by atoms with van der Waals surface area (Å²) in [4.78, 5) is 36.4. The summed E-state index contributed by atoms with van der Waals surface area (Å²) in [5.74, 6) is -0.787. The maximum absolute atomic E-state index is 12.0. The Hall–Kier alpha value is -2.13. The summed E-state index contributed by atoms with van der Waals surface area (Å²) in [6, 6.07) is 6.59. The largest absolute Gasteiger partial charge is 0.299 e. The van der Waals surface area contributed by atoms with Gasteiger partial charge in [0.25, 0.3) is 11.8 Å². The Labute approximate surface area is 114 Å². The lowest BCUT2D eigenvalue weighted by Crippen LogP contribution is -2.32.